The molecule has 2 heterocycles. The van der Waals surface area contributed by atoms with Crippen molar-refractivity contribution in [2.45, 2.75) is 49.9 Å². The van der Waals surface area contributed by atoms with Crippen LogP contribution in [0, 0.1) is 11.7 Å². The van der Waals surface area contributed by atoms with Crippen LogP contribution < -0.4 is 20.7 Å². The number of anilines is 2. The van der Waals surface area contributed by atoms with Gasteiger partial charge in [0.25, 0.3) is 0 Å². The van der Waals surface area contributed by atoms with E-state index in [0.29, 0.717) is 36.0 Å². The van der Waals surface area contributed by atoms with Gasteiger partial charge in [0.1, 0.15) is 23.8 Å². The normalized spacial score (nSPS) is 25.0. The molecule has 5 rings (SSSR count). The van der Waals surface area contributed by atoms with Crippen LogP contribution >= 0.6 is 0 Å². The minimum atomic E-state index is -0.537. The number of urea groups is 1. The average molecular weight is 470 g/mol. The summed E-state index contributed by atoms with van der Waals surface area (Å²) in [5, 5.41) is 18.3. The number of carbonyl (C=O) groups is 2. The molecule has 9 heteroatoms. The number of ether oxygens (including phenoxy) is 2. The van der Waals surface area contributed by atoms with Crippen molar-refractivity contribution < 1.29 is 28.6 Å². The van der Waals surface area contributed by atoms with Crippen LogP contribution in [0.3, 0.4) is 0 Å². The van der Waals surface area contributed by atoms with Gasteiger partial charge in [-0.05, 0) is 67.6 Å². The lowest BCUT2D eigenvalue weighted by molar-refractivity contribution is -0.142. The molecule has 8 nitrogen and oxygen atoms in total. The third-order valence-corrected chi connectivity index (χ3v) is 6.56. The highest BCUT2D eigenvalue weighted by molar-refractivity contribution is 5.99. The Bertz CT molecular complexity index is 1060. The number of rotatable bonds is 7. The Morgan fingerprint density at radius 3 is 2.53 bits per heavy atom. The molecule has 0 spiro atoms. The van der Waals surface area contributed by atoms with Gasteiger partial charge in [0.15, 0.2) is 0 Å². The molecule has 1 saturated heterocycles. The van der Waals surface area contributed by atoms with Crippen LogP contribution in [0.2, 0.25) is 0 Å². The molecule has 3 amide bonds. The molecule has 4 atom stereocenters. The fourth-order valence-electron chi connectivity index (χ4n) is 4.65. The van der Waals surface area contributed by atoms with Gasteiger partial charge in [0.05, 0.1) is 19.1 Å². The molecular formula is C25H28FN3O5. The van der Waals surface area contributed by atoms with Crippen molar-refractivity contribution in [3.05, 3.63) is 53.8 Å². The van der Waals surface area contributed by atoms with Crippen LogP contribution in [-0.2, 0) is 9.53 Å². The van der Waals surface area contributed by atoms with Crippen LogP contribution in [-0.4, -0.2) is 48.5 Å². The monoisotopic (exact) mass is 469 g/mol. The minimum Gasteiger partial charge on any atom is -0.487 e. The topological polar surface area (TPSA) is 109 Å². The number of hydrogen-bond acceptors (Lipinski definition) is 5. The first-order chi connectivity index (χ1) is 16.5. The van der Waals surface area contributed by atoms with Gasteiger partial charge in [-0.2, -0.15) is 0 Å². The van der Waals surface area contributed by atoms with E-state index >= 15 is 0 Å². The van der Waals surface area contributed by atoms with Gasteiger partial charge in [-0.15, -0.1) is 0 Å². The predicted octanol–water partition coefficient (Wildman–Crippen LogP) is 3.38. The summed E-state index contributed by atoms with van der Waals surface area (Å²) < 4.78 is 25.1. The number of halogens is 1. The molecule has 3 aliphatic rings. The van der Waals surface area contributed by atoms with Gasteiger partial charge >= 0.3 is 6.03 Å². The number of amides is 3. The van der Waals surface area contributed by atoms with E-state index in [-0.39, 0.29) is 42.9 Å². The van der Waals surface area contributed by atoms with E-state index in [1.807, 2.05) is 6.07 Å². The third-order valence-electron chi connectivity index (χ3n) is 6.56. The lowest BCUT2D eigenvalue weighted by Crippen LogP contribution is -2.47. The summed E-state index contributed by atoms with van der Waals surface area (Å²) in [5.41, 5.74) is 1.96. The first-order valence-corrected chi connectivity index (χ1v) is 11.7. The summed E-state index contributed by atoms with van der Waals surface area (Å²) in [6, 6.07) is 10.4. The van der Waals surface area contributed by atoms with Gasteiger partial charge in [-0.25, -0.2) is 9.18 Å². The zero-order valence-electron chi connectivity index (χ0n) is 18.6. The highest BCUT2D eigenvalue weighted by Crippen LogP contribution is 2.47. The van der Waals surface area contributed by atoms with Crippen molar-refractivity contribution >= 4 is 23.3 Å². The smallest absolute Gasteiger partial charge is 0.323 e. The molecule has 0 unspecified atom stereocenters. The Morgan fingerprint density at radius 2 is 1.79 bits per heavy atom. The largest absolute Gasteiger partial charge is 0.487 e. The second-order valence-corrected chi connectivity index (χ2v) is 9.19. The Hall–Kier alpha value is -3.17. The predicted molar refractivity (Wildman–Crippen MR) is 123 cm³/mol. The van der Waals surface area contributed by atoms with Crippen LogP contribution in [0.5, 0.6) is 5.75 Å². The van der Waals surface area contributed by atoms with Crippen LogP contribution in [0.25, 0.3) is 0 Å². The molecule has 2 aromatic carbocycles. The van der Waals surface area contributed by atoms with Crippen molar-refractivity contribution in [2.24, 2.45) is 5.92 Å². The molecule has 2 aliphatic heterocycles. The molecule has 1 saturated carbocycles. The van der Waals surface area contributed by atoms with E-state index < -0.39 is 12.1 Å². The molecular weight excluding hydrogens is 441 g/mol. The number of hydrogen-bond donors (Lipinski definition) is 4. The Kier molecular flexibility index (Phi) is 6.38. The molecule has 4 N–H and O–H groups in total. The molecule has 0 bridgehead atoms. The van der Waals surface area contributed by atoms with Crippen LogP contribution in [0.15, 0.2) is 42.5 Å². The van der Waals surface area contributed by atoms with Crippen LogP contribution in [0.1, 0.15) is 37.2 Å². The lowest BCUT2D eigenvalue weighted by Gasteiger charge is -2.37. The van der Waals surface area contributed by atoms with Gasteiger partial charge in [0, 0.05) is 29.4 Å². The number of carbonyl (C=O) groups excluding carboxylic acids is 2. The van der Waals surface area contributed by atoms with E-state index in [1.165, 1.54) is 37.1 Å². The first kappa shape index (κ1) is 22.6. The molecule has 2 fully saturated rings. The van der Waals surface area contributed by atoms with Gasteiger partial charge in [-0.1, -0.05) is 0 Å². The highest BCUT2D eigenvalue weighted by atomic mass is 19.1. The molecule has 1 aliphatic carbocycles. The van der Waals surface area contributed by atoms with Crippen molar-refractivity contribution in [3.63, 3.8) is 0 Å². The SMILES string of the molecule is O=C(C[C@@H]1C[C@@H]2c3cc(NC(=O)Nc4ccc(F)cc4)ccc3O[C@@H]2[C@H](CO)O1)NCC1CC1. The Labute approximate surface area is 196 Å². The summed E-state index contributed by atoms with van der Waals surface area (Å²) in [5.74, 6) is 0.797. The van der Waals surface area contributed by atoms with E-state index in [1.54, 1.807) is 12.1 Å². The van der Waals surface area contributed by atoms with Crippen molar-refractivity contribution in [2.75, 3.05) is 23.8 Å². The second-order valence-electron chi connectivity index (χ2n) is 9.19. The fourth-order valence-corrected chi connectivity index (χ4v) is 4.65. The fraction of sp³-hybridized carbons (Fsp3) is 0.440. The van der Waals surface area contributed by atoms with Crippen molar-refractivity contribution in [1.82, 2.24) is 5.32 Å². The van der Waals surface area contributed by atoms with E-state index in [2.05, 4.69) is 16.0 Å². The third kappa shape index (κ3) is 5.15. The maximum Gasteiger partial charge on any atom is 0.323 e. The summed E-state index contributed by atoms with van der Waals surface area (Å²) in [4.78, 5) is 24.8. The Morgan fingerprint density at radius 1 is 1.06 bits per heavy atom. The number of fused-ring (bicyclic) bond motifs is 3. The zero-order valence-corrected chi connectivity index (χ0v) is 18.6. The van der Waals surface area contributed by atoms with E-state index in [0.717, 1.165) is 5.56 Å². The average Bonchev–Trinajstić information content (AvgIpc) is 3.59. The van der Waals surface area contributed by atoms with E-state index in [9.17, 15) is 19.1 Å². The van der Waals surface area contributed by atoms with Gasteiger partial charge in [0.2, 0.25) is 5.91 Å². The molecule has 0 aromatic heterocycles. The summed E-state index contributed by atoms with van der Waals surface area (Å²) >= 11 is 0. The van der Waals surface area contributed by atoms with Crippen molar-refractivity contribution in [3.8, 4) is 5.75 Å². The molecule has 34 heavy (non-hydrogen) atoms. The first-order valence-electron chi connectivity index (χ1n) is 11.7. The standard InChI is InChI=1S/C25H28FN3O5/c26-15-3-5-16(6-4-15)28-25(32)29-17-7-8-21-19(9-17)20-10-18(33-22(13-30)24(20)34-21)11-23(31)27-12-14-1-2-14/h3-9,14,18,20,22,24,30H,1-2,10-13H2,(H,27,31)(H2,28,29,32)/t18-,20+,22-,24-/m0/s1. The summed E-state index contributed by atoms with van der Waals surface area (Å²) in [6.45, 7) is 0.503. The summed E-state index contributed by atoms with van der Waals surface area (Å²) in [7, 11) is 0. The van der Waals surface area contributed by atoms with E-state index in [4.69, 9.17) is 9.47 Å². The van der Waals surface area contributed by atoms with Crippen molar-refractivity contribution in [1.29, 1.82) is 0 Å². The quantitative estimate of drug-likeness (QED) is 0.497. The van der Waals surface area contributed by atoms with Gasteiger partial charge < -0.3 is 30.5 Å². The maximum atomic E-state index is 13.1. The molecule has 2 aromatic rings. The number of aliphatic hydroxyl groups excluding tert-OH is 1. The number of benzene rings is 2. The van der Waals surface area contributed by atoms with Gasteiger partial charge in [-0.3, -0.25) is 4.79 Å². The molecule has 180 valence electrons. The lowest BCUT2D eigenvalue weighted by atomic mass is 9.84. The number of aliphatic hydroxyl groups is 1. The highest BCUT2D eigenvalue weighted by Gasteiger charge is 2.46. The summed E-state index contributed by atoms with van der Waals surface area (Å²) in [6.07, 6.45) is 1.94. The second kappa shape index (κ2) is 9.60. The Balaban J connectivity index is 1.25. The zero-order chi connectivity index (χ0) is 23.7. The maximum absolute atomic E-state index is 13.1. The number of nitrogens with one attached hydrogen (secondary N) is 3. The minimum absolute atomic E-state index is 0.0425. The van der Waals surface area contributed by atoms with Crippen LogP contribution in [0.4, 0.5) is 20.6 Å². The molecule has 0 radical (unpaired) electrons.